The quantitative estimate of drug-likeness (QED) is 0.863. The zero-order valence-corrected chi connectivity index (χ0v) is 9.79. The third-order valence-corrected chi connectivity index (χ3v) is 3.31. The van der Waals surface area contributed by atoms with E-state index in [0.29, 0.717) is 0 Å². The molecule has 0 fully saturated rings. The molecule has 0 atom stereocenters. The smallest absolute Gasteiger partial charge is 0.262 e. The molecule has 1 N–H and O–H groups in total. The Morgan fingerprint density at radius 1 is 1.28 bits per heavy atom. The van der Waals surface area contributed by atoms with Crippen LogP contribution in [0.5, 0.6) is 0 Å². The maximum absolute atomic E-state index is 11.9. The van der Waals surface area contributed by atoms with E-state index in [2.05, 4.69) is 19.9 Å². The van der Waals surface area contributed by atoms with Crippen LogP contribution >= 0.6 is 0 Å². The monoisotopic (exact) mass is 261 g/mol. The highest BCUT2D eigenvalue weighted by Crippen LogP contribution is 2.12. The second-order valence-corrected chi connectivity index (χ2v) is 4.89. The molecule has 18 heavy (non-hydrogen) atoms. The minimum atomic E-state index is -3.76. The summed E-state index contributed by atoms with van der Waals surface area (Å²) in [6.45, 7) is 0. The van der Waals surface area contributed by atoms with Crippen LogP contribution in [-0.2, 0) is 10.0 Å². The molecule has 7 nitrogen and oxygen atoms in total. The van der Waals surface area contributed by atoms with E-state index >= 15 is 0 Å². The van der Waals surface area contributed by atoms with E-state index in [-0.39, 0.29) is 16.4 Å². The number of pyridine rings is 1. The van der Waals surface area contributed by atoms with Crippen LogP contribution in [0.1, 0.15) is 5.69 Å². The maximum atomic E-state index is 11.9. The summed E-state index contributed by atoms with van der Waals surface area (Å²) < 4.78 is 26.0. The lowest BCUT2D eigenvalue weighted by atomic mass is 10.4. The lowest BCUT2D eigenvalue weighted by molar-refractivity contribution is 0.600. The molecule has 2 heterocycles. The van der Waals surface area contributed by atoms with Crippen LogP contribution in [0.15, 0.2) is 41.6 Å². The van der Waals surface area contributed by atoms with E-state index in [1.165, 1.54) is 24.4 Å². The van der Waals surface area contributed by atoms with Crippen molar-refractivity contribution in [2.45, 2.75) is 4.90 Å². The van der Waals surface area contributed by atoms with Gasteiger partial charge in [-0.1, -0.05) is 0 Å². The third-order valence-electron chi connectivity index (χ3n) is 1.97. The number of aromatic nitrogens is 3. The van der Waals surface area contributed by atoms with Gasteiger partial charge in [-0.05, 0) is 24.3 Å². The van der Waals surface area contributed by atoms with Gasteiger partial charge in [0, 0.05) is 12.4 Å². The highest BCUT2D eigenvalue weighted by atomic mass is 32.2. The van der Waals surface area contributed by atoms with Crippen LogP contribution in [0.25, 0.3) is 0 Å². The number of nitrogens with zero attached hydrogens (tertiary/aromatic N) is 4. The molecule has 2 aromatic heterocycles. The van der Waals surface area contributed by atoms with Crippen molar-refractivity contribution in [3.05, 3.63) is 42.4 Å². The van der Waals surface area contributed by atoms with Gasteiger partial charge in [0.1, 0.15) is 16.7 Å². The molecule has 2 aromatic rings. The lowest BCUT2D eigenvalue weighted by Gasteiger charge is -2.05. The summed E-state index contributed by atoms with van der Waals surface area (Å²) in [5.74, 6) is 0.113. The van der Waals surface area contributed by atoms with Crippen LogP contribution in [0.3, 0.4) is 0 Å². The minimum Gasteiger partial charge on any atom is -0.262 e. The Hall–Kier alpha value is -2.53. The van der Waals surface area contributed by atoms with E-state index in [9.17, 15) is 8.42 Å². The zero-order valence-electron chi connectivity index (χ0n) is 8.98. The molecular weight excluding hydrogens is 254 g/mol. The second-order valence-electron chi connectivity index (χ2n) is 3.21. The van der Waals surface area contributed by atoms with Crippen molar-refractivity contribution in [2.24, 2.45) is 0 Å². The van der Waals surface area contributed by atoms with Crippen LogP contribution < -0.4 is 4.72 Å². The number of rotatable bonds is 3. The van der Waals surface area contributed by atoms with Crippen molar-refractivity contribution in [3.63, 3.8) is 0 Å². The van der Waals surface area contributed by atoms with Crippen molar-refractivity contribution < 1.29 is 8.42 Å². The van der Waals surface area contributed by atoms with Gasteiger partial charge in [0.2, 0.25) is 0 Å². The highest BCUT2D eigenvalue weighted by Gasteiger charge is 2.15. The van der Waals surface area contributed by atoms with Gasteiger partial charge in [-0.25, -0.2) is 13.4 Å². The molecule has 0 aliphatic heterocycles. The summed E-state index contributed by atoms with van der Waals surface area (Å²) in [5.41, 5.74) is 0.147. The maximum Gasteiger partial charge on any atom is 0.264 e. The van der Waals surface area contributed by atoms with Crippen molar-refractivity contribution in [1.29, 1.82) is 5.26 Å². The Morgan fingerprint density at radius 2 is 2.11 bits per heavy atom. The standard InChI is InChI=1S/C10H7N5O2S/c11-6-8-3-4-9(7-12-8)18(16,17)15-10-2-1-5-13-14-10/h1-5,7H,(H,14,15). The number of hydrogen-bond acceptors (Lipinski definition) is 6. The number of nitrogens with one attached hydrogen (secondary N) is 1. The van der Waals surface area contributed by atoms with Crippen LogP contribution in [0.4, 0.5) is 5.82 Å². The van der Waals surface area contributed by atoms with Crippen LogP contribution in [0.2, 0.25) is 0 Å². The predicted octanol–water partition coefficient (Wildman–Crippen LogP) is 0.544. The van der Waals surface area contributed by atoms with Crippen LogP contribution in [-0.4, -0.2) is 23.6 Å². The fourth-order valence-corrected chi connectivity index (χ4v) is 2.10. The summed E-state index contributed by atoms with van der Waals surface area (Å²) in [6, 6.07) is 7.46. The molecule has 0 aliphatic rings. The number of nitriles is 1. The Balaban J connectivity index is 2.29. The van der Waals surface area contributed by atoms with E-state index in [0.717, 1.165) is 6.20 Å². The molecule has 0 radical (unpaired) electrons. The van der Waals surface area contributed by atoms with Gasteiger partial charge in [0.25, 0.3) is 10.0 Å². The first-order valence-corrected chi connectivity index (χ1v) is 6.27. The van der Waals surface area contributed by atoms with Gasteiger partial charge in [0.05, 0.1) is 0 Å². The zero-order chi connectivity index (χ0) is 13.0. The first-order chi connectivity index (χ1) is 8.62. The molecule has 90 valence electrons. The highest BCUT2D eigenvalue weighted by molar-refractivity contribution is 7.92. The van der Waals surface area contributed by atoms with Crippen molar-refractivity contribution in [1.82, 2.24) is 15.2 Å². The average Bonchev–Trinajstić information content (AvgIpc) is 2.39. The number of hydrogen-bond donors (Lipinski definition) is 1. The second kappa shape index (κ2) is 4.77. The number of sulfonamides is 1. The summed E-state index contributed by atoms with van der Waals surface area (Å²) in [5, 5.41) is 15.7. The van der Waals surface area contributed by atoms with Gasteiger partial charge >= 0.3 is 0 Å². The van der Waals surface area contributed by atoms with Gasteiger partial charge in [-0.15, -0.1) is 5.10 Å². The molecule has 0 saturated heterocycles. The third kappa shape index (κ3) is 2.58. The SMILES string of the molecule is N#Cc1ccc(S(=O)(=O)Nc2cccnn2)cn1. The van der Waals surface area contributed by atoms with Crippen molar-refractivity contribution >= 4 is 15.8 Å². The van der Waals surface area contributed by atoms with E-state index in [4.69, 9.17) is 5.26 Å². The predicted molar refractivity (Wildman–Crippen MR) is 61.8 cm³/mol. The average molecular weight is 261 g/mol. The largest absolute Gasteiger partial charge is 0.264 e. The molecule has 0 bridgehead atoms. The summed E-state index contributed by atoms with van der Waals surface area (Å²) in [7, 11) is -3.76. The van der Waals surface area contributed by atoms with E-state index in [1.807, 2.05) is 0 Å². The summed E-state index contributed by atoms with van der Waals surface area (Å²) in [6.07, 6.45) is 2.54. The summed E-state index contributed by atoms with van der Waals surface area (Å²) in [4.78, 5) is 3.64. The molecule has 8 heteroatoms. The summed E-state index contributed by atoms with van der Waals surface area (Å²) >= 11 is 0. The molecule has 0 amide bonds. The first kappa shape index (κ1) is 11.9. The Kier molecular flexibility index (Phi) is 3.16. The minimum absolute atomic E-state index is 0.0489. The topological polar surface area (TPSA) is 109 Å². The Labute approximate surface area is 103 Å². The molecule has 0 aliphatic carbocycles. The fourth-order valence-electron chi connectivity index (χ4n) is 1.16. The number of anilines is 1. The molecular formula is C10H7N5O2S. The Morgan fingerprint density at radius 3 is 2.67 bits per heavy atom. The van der Waals surface area contributed by atoms with Crippen molar-refractivity contribution in [2.75, 3.05) is 4.72 Å². The van der Waals surface area contributed by atoms with Gasteiger partial charge in [0.15, 0.2) is 5.82 Å². The van der Waals surface area contributed by atoms with Gasteiger partial charge in [-0.3, -0.25) is 4.72 Å². The van der Waals surface area contributed by atoms with Gasteiger partial charge in [-0.2, -0.15) is 10.4 Å². The molecule has 0 unspecified atom stereocenters. The fraction of sp³-hybridized carbons (Fsp3) is 0. The molecule has 2 rings (SSSR count). The van der Waals surface area contributed by atoms with Gasteiger partial charge < -0.3 is 0 Å². The normalized spacial score (nSPS) is 10.6. The van der Waals surface area contributed by atoms with Crippen LogP contribution in [0, 0.1) is 11.3 Å². The molecule has 0 saturated carbocycles. The molecule has 0 aromatic carbocycles. The molecule has 0 spiro atoms. The lowest BCUT2D eigenvalue weighted by Crippen LogP contribution is -2.14. The first-order valence-electron chi connectivity index (χ1n) is 4.78. The van der Waals surface area contributed by atoms with E-state index in [1.54, 1.807) is 12.1 Å². The van der Waals surface area contributed by atoms with Crippen molar-refractivity contribution in [3.8, 4) is 6.07 Å². The van der Waals surface area contributed by atoms with E-state index < -0.39 is 10.0 Å². The Bertz CT molecular complexity index is 676.